The van der Waals surface area contributed by atoms with Gasteiger partial charge in [0.15, 0.2) is 0 Å². The van der Waals surface area contributed by atoms with Crippen molar-refractivity contribution in [2.24, 2.45) is 0 Å². The molecule has 0 unspecified atom stereocenters. The molecule has 21 heavy (non-hydrogen) atoms. The quantitative estimate of drug-likeness (QED) is 0.682. The zero-order chi connectivity index (χ0) is 14.4. The van der Waals surface area contributed by atoms with Crippen molar-refractivity contribution in [1.82, 2.24) is 4.98 Å². The number of nitrogens with two attached hydrogens (primary N) is 1. The van der Waals surface area contributed by atoms with Gasteiger partial charge in [0.25, 0.3) is 0 Å². The van der Waals surface area contributed by atoms with Crippen LogP contribution in [0.15, 0.2) is 36.4 Å². The summed E-state index contributed by atoms with van der Waals surface area (Å²) in [5.74, 6) is 0. The number of fused-ring (bicyclic) bond motifs is 2. The van der Waals surface area contributed by atoms with Crippen LogP contribution >= 0.6 is 11.3 Å². The summed E-state index contributed by atoms with van der Waals surface area (Å²) >= 11 is 1.70. The average molecular weight is 295 g/mol. The van der Waals surface area contributed by atoms with Crippen LogP contribution in [0.4, 0.5) is 17.1 Å². The van der Waals surface area contributed by atoms with Crippen molar-refractivity contribution in [2.75, 3.05) is 17.2 Å². The molecule has 1 aromatic heterocycles. The lowest BCUT2D eigenvalue weighted by Gasteiger charge is -2.32. The first-order valence-electron chi connectivity index (χ1n) is 7.24. The normalized spacial score (nSPS) is 14.4. The van der Waals surface area contributed by atoms with Gasteiger partial charge in [0.1, 0.15) is 0 Å². The van der Waals surface area contributed by atoms with Crippen molar-refractivity contribution >= 4 is 38.6 Å². The third kappa shape index (κ3) is 2.07. The number of anilines is 3. The molecule has 0 fully saturated rings. The maximum Gasteiger partial charge on any atom is 0.0907 e. The van der Waals surface area contributed by atoms with Crippen LogP contribution < -0.4 is 10.6 Å². The van der Waals surface area contributed by atoms with Gasteiger partial charge in [-0.2, -0.15) is 0 Å². The molecule has 2 heterocycles. The highest BCUT2D eigenvalue weighted by molar-refractivity contribution is 7.18. The second-order valence-corrected chi connectivity index (χ2v) is 6.73. The van der Waals surface area contributed by atoms with Crippen molar-refractivity contribution in [1.29, 1.82) is 0 Å². The smallest absolute Gasteiger partial charge is 0.0907 e. The molecular formula is C17H17N3S. The number of hydrogen-bond donors (Lipinski definition) is 1. The van der Waals surface area contributed by atoms with Crippen molar-refractivity contribution < 1.29 is 0 Å². The van der Waals surface area contributed by atoms with Gasteiger partial charge >= 0.3 is 0 Å². The molecule has 0 saturated carbocycles. The molecular weight excluding hydrogens is 278 g/mol. The molecule has 0 atom stereocenters. The lowest BCUT2D eigenvalue weighted by Crippen LogP contribution is -2.25. The number of hydrogen-bond acceptors (Lipinski definition) is 4. The Morgan fingerprint density at radius 2 is 2.05 bits per heavy atom. The second kappa shape index (κ2) is 4.74. The van der Waals surface area contributed by atoms with E-state index >= 15 is 0 Å². The van der Waals surface area contributed by atoms with Crippen molar-refractivity contribution in [3.8, 4) is 0 Å². The summed E-state index contributed by atoms with van der Waals surface area (Å²) in [4.78, 5) is 6.94. The van der Waals surface area contributed by atoms with E-state index in [0.717, 1.165) is 41.3 Å². The van der Waals surface area contributed by atoms with E-state index in [4.69, 9.17) is 5.73 Å². The Hall–Kier alpha value is -2.07. The first-order valence-corrected chi connectivity index (χ1v) is 8.06. The Balaban J connectivity index is 1.89. The van der Waals surface area contributed by atoms with Gasteiger partial charge in [-0.25, -0.2) is 4.98 Å². The minimum Gasteiger partial charge on any atom is -0.397 e. The lowest BCUT2D eigenvalue weighted by molar-refractivity contribution is 0.768. The molecule has 1 aliphatic heterocycles. The Morgan fingerprint density at radius 1 is 1.19 bits per heavy atom. The monoisotopic (exact) mass is 295 g/mol. The van der Waals surface area contributed by atoms with E-state index in [0.29, 0.717) is 0 Å². The molecule has 0 saturated heterocycles. The summed E-state index contributed by atoms with van der Waals surface area (Å²) < 4.78 is 1.17. The molecule has 3 nitrogen and oxygen atoms in total. The second-order valence-electron chi connectivity index (χ2n) is 5.50. The van der Waals surface area contributed by atoms with E-state index < -0.39 is 0 Å². The molecule has 4 rings (SSSR count). The van der Waals surface area contributed by atoms with Gasteiger partial charge in [-0.1, -0.05) is 18.2 Å². The molecule has 2 N–H and O–H groups in total. The Kier molecular flexibility index (Phi) is 2.86. The average Bonchev–Trinajstić information content (AvgIpc) is 2.85. The van der Waals surface area contributed by atoms with Crippen LogP contribution in [0.3, 0.4) is 0 Å². The molecule has 0 aliphatic carbocycles. The van der Waals surface area contributed by atoms with Crippen LogP contribution in [0.25, 0.3) is 10.2 Å². The van der Waals surface area contributed by atoms with Crippen LogP contribution in [-0.4, -0.2) is 11.5 Å². The molecule has 1 aliphatic rings. The van der Waals surface area contributed by atoms with Gasteiger partial charge in [-0.3, -0.25) is 0 Å². The van der Waals surface area contributed by atoms with Gasteiger partial charge in [0, 0.05) is 12.2 Å². The first kappa shape index (κ1) is 12.7. The van der Waals surface area contributed by atoms with E-state index in [1.165, 1.54) is 16.0 Å². The molecule has 2 aromatic carbocycles. The van der Waals surface area contributed by atoms with Crippen molar-refractivity contribution in [2.45, 2.75) is 19.8 Å². The first-order chi connectivity index (χ1) is 10.2. The summed E-state index contributed by atoms with van der Waals surface area (Å²) in [6.07, 6.45) is 2.30. The Bertz CT molecular complexity index is 822. The van der Waals surface area contributed by atoms with Gasteiger partial charge in [-0.05, 0) is 43.5 Å². The van der Waals surface area contributed by atoms with Crippen molar-refractivity contribution in [3.05, 3.63) is 47.0 Å². The van der Waals surface area contributed by atoms with E-state index in [2.05, 4.69) is 46.3 Å². The maximum absolute atomic E-state index is 6.32. The highest BCUT2D eigenvalue weighted by atomic mass is 32.1. The number of benzene rings is 2. The van der Waals surface area contributed by atoms with E-state index in [1.807, 2.05) is 6.92 Å². The fraction of sp³-hybridized carbons (Fsp3) is 0.235. The predicted molar refractivity (Wildman–Crippen MR) is 90.5 cm³/mol. The summed E-state index contributed by atoms with van der Waals surface area (Å²) in [6, 6.07) is 12.8. The standard InChI is InChI=1S/C17H17N3S/c1-11-19-14-10-16(13(18)9-17(14)21-11)20-8-4-6-12-5-2-3-7-15(12)20/h2-3,5,7,9-10H,4,6,8,18H2,1H3. The minimum absolute atomic E-state index is 0.836. The van der Waals surface area contributed by atoms with Crippen LogP contribution in [0.5, 0.6) is 0 Å². The zero-order valence-corrected chi connectivity index (χ0v) is 12.8. The lowest BCUT2D eigenvalue weighted by atomic mass is 10.0. The SMILES string of the molecule is Cc1nc2cc(N3CCCc4ccccc43)c(N)cc2s1. The summed E-state index contributed by atoms with van der Waals surface area (Å²) in [7, 11) is 0. The number of rotatable bonds is 1. The molecule has 0 radical (unpaired) electrons. The van der Waals surface area contributed by atoms with Gasteiger partial charge in [-0.15, -0.1) is 11.3 Å². The molecule has 106 valence electrons. The van der Waals surface area contributed by atoms with E-state index in [1.54, 1.807) is 11.3 Å². The molecule has 0 spiro atoms. The van der Waals surface area contributed by atoms with Gasteiger partial charge < -0.3 is 10.6 Å². The molecule has 0 bridgehead atoms. The highest BCUT2D eigenvalue weighted by Crippen LogP contribution is 2.39. The van der Waals surface area contributed by atoms with Gasteiger partial charge in [0.2, 0.25) is 0 Å². The largest absolute Gasteiger partial charge is 0.397 e. The van der Waals surface area contributed by atoms with Crippen LogP contribution in [0, 0.1) is 6.92 Å². The minimum atomic E-state index is 0.836. The van der Waals surface area contributed by atoms with Crippen LogP contribution in [-0.2, 0) is 6.42 Å². The molecule has 4 heteroatoms. The molecule has 0 amide bonds. The summed E-state index contributed by atoms with van der Waals surface area (Å²) in [5, 5.41) is 1.08. The maximum atomic E-state index is 6.32. The predicted octanol–water partition coefficient (Wildman–Crippen LogP) is 4.27. The Labute approximate surface area is 128 Å². The topological polar surface area (TPSA) is 42.2 Å². The molecule has 3 aromatic rings. The number of nitrogens with zero attached hydrogens (tertiary/aromatic N) is 2. The number of aryl methyl sites for hydroxylation is 2. The third-order valence-corrected chi connectivity index (χ3v) is 4.98. The fourth-order valence-corrected chi connectivity index (χ4v) is 3.97. The Morgan fingerprint density at radius 3 is 2.95 bits per heavy atom. The summed E-state index contributed by atoms with van der Waals surface area (Å²) in [5.41, 5.74) is 12.0. The highest BCUT2D eigenvalue weighted by Gasteiger charge is 2.20. The number of thiazole rings is 1. The van der Waals surface area contributed by atoms with Crippen molar-refractivity contribution in [3.63, 3.8) is 0 Å². The van der Waals surface area contributed by atoms with Crippen LogP contribution in [0.1, 0.15) is 17.0 Å². The van der Waals surface area contributed by atoms with Gasteiger partial charge in [0.05, 0.1) is 26.6 Å². The fourth-order valence-electron chi connectivity index (χ4n) is 3.11. The number of aromatic nitrogens is 1. The zero-order valence-electron chi connectivity index (χ0n) is 12.0. The number of para-hydroxylation sites is 1. The number of nitrogen functional groups attached to an aromatic ring is 1. The van der Waals surface area contributed by atoms with Crippen LogP contribution in [0.2, 0.25) is 0 Å². The third-order valence-electron chi connectivity index (χ3n) is 4.04. The van der Waals surface area contributed by atoms with E-state index in [-0.39, 0.29) is 0 Å². The van der Waals surface area contributed by atoms with E-state index in [9.17, 15) is 0 Å². The summed E-state index contributed by atoms with van der Waals surface area (Å²) in [6.45, 7) is 3.05.